The Balaban J connectivity index is 1.40. The molecule has 2 aliphatic rings. The van der Waals surface area contributed by atoms with Crippen LogP contribution in [-0.2, 0) is 11.3 Å². The highest BCUT2D eigenvalue weighted by atomic mass is 19.1. The Labute approximate surface area is 157 Å². The molecule has 2 heterocycles. The van der Waals surface area contributed by atoms with Crippen molar-refractivity contribution in [2.45, 2.75) is 44.4 Å². The second-order valence-electron chi connectivity index (χ2n) is 7.38. The molecule has 2 atom stereocenters. The third-order valence-electron chi connectivity index (χ3n) is 5.63. The molecule has 0 spiro atoms. The predicted octanol–water partition coefficient (Wildman–Crippen LogP) is 4.59. The van der Waals surface area contributed by atoms with Crippen molar-refractivity contribution in [1.29, 1.82) is 0 Å². The summed E-state index contributed by atoms with van der Waals surface area (Å²) in [7, 11) is 0. The number of halogens is 1. The molecule has 2 aliphatic heterocycles. The van der Waals surface area contributed by atoms with Gasteiger partial charge in [-0.2, -0.15) is 0 Å². The van der Waals surface area contributed by atoms with Gasteiger partial charge >= 0.3 is 6.09 Å². The number of carbonyl (C=O) groups excluding carboxylic acids is 2. The number of amides is 1. The second-order valence-corrected chi connectivity index (χ2v) is 7.38. The number of hydrogen-bond acceptors (Lipinski definition) is 3. The highest BCUT2D eigenvalue weighted by Gasteiger charge is 2.45. The number of rotatable bonds is 4. The minimum atomic E-state index is -0.397. The van der Waals surface area contributed by atoms with Crippen molar-refractivity contribution < 1.29 is 18.7 Å². The molecule has 0 aromatic heterocycles. The SMILES string of the molecule is O=C(c1cccc(F)c1)C1CC2CCC(C1)N2C(=O)OCc1ccccc1. The Kier molecular flexibility index (Phi) is 4.92. The number of carbonyl (C=O) groups is 2. The van der Waals surface area contributed by atoms with E-state index in [0.29, 0.717) is 18.4 Å². The monoisotopic (exact) mass is 367 g/mol. The molecule has 2 bridgehead atoms. The van der Waals surface area contributed by atoms with Crippen molar-refractivity contribution in [3.05, 3.63) is 71.5 Å². The number of Topliss-reactive ketones (excluding diaryl/α,β-unsaturated/α-hetero) is 1. The van der Waals surface area contributed by atoms with Crippen LogP contribution in [-0.4, -0.2) is 28.9 Å². The molecule has 2 unspecified atom stereocenters. The topological polar surface area (TPSA) is 46.6 Å². The van der Waals surface area contributed by atoms with Crippen molar-refractivity contribution in [1.82, 2.24) is 4.90 Å². The third-order valence-corrected chi connectivity index (χ3v) is 5.63. The molecule has 4 rings (SSSR count). The number of hydrogen-bond donors (Lipinski definition) is 0. The molecule has 0 N–H and O–H groups in total. The van der Waals surface area contributed by atoms with Crippen LogP contribution >= 0.6 is 0 Å². The molecule has 0 saturated carbocycles. The van der Waals surface area contributed by atoms with Gasteiger partial charge in [0, 0.05) is 23.6 Å². The summed E-state index contributed by atoms with van der Waals surface area (Å²) < 4.78 is 18.9. The number of nitrogens with zero attached hydrogens (tertiary/aromatic N) is 1. The second kappa shape index (κ2) is 7.51. The molecule has 2 aromatic carbocycles. The molecular weight excluding hydrogens is 345 g/mol. The van der Waals surface area contributed by atoms with Crippen molar-refractivity contribution >= 4 is 11.9 Å². The van der Waals surface area contributed by atoms with Crippen molar-refractivity contribution in [3.63, 3.8) is 0 Å². The summed E-state index contributed by atoms with van der Waals surface area (Å²) in [4.78, 5) is 27.2. The normalized spacial score (nSPS) is 23.9. The molecule has 5 heteroatoms. The first kappa shape index (κ1) is 17.7. The largest absolute Gasteiger partial charge is 0.445 e. The van der Waals surface area contributed by atoms with Crippen LogP contribution in [0.2, 0.25) is 0 Å². The maximum absolute atomic E-state index is 13.4. The molecule has 2 aromatic rings. The Morgan fingerprint density at radius 1 is 1.00 bits per heavy atom. The molecule has 0 aliphatic carbocycles. The molecule has 2 fully saturated rings. The average molecular weight is 367 g/mol. The zero-order chi connectivity index (χ0) is 18.8. The fourth-order valence-electron chi connectivity index (χ4n) is 4.36. The van der Waals surface area contributed by atoms with E-state index in [-0.39, 0.29) is 36.5 Å². The lowest BCUT2D eigenvalue weighted by molar-refractivity contribution is 0.0485. The summed E-state index contributed by atoms with van der Waals surface area (Å²) in [6, 6.07) is 15.5. The van der Waals surface area contributed by atoms with Crippen molar-refractivity contribution in [2.24, 2.45) is 5.92 Å². The Bertz CT molecular complexity index is 824. The van der Waals surface area contributed by atoms with E-state index >= 15 is 0 Å². The summed E-state index contributed by atoms with van der Waals surface area (Å²) in [5, 5.41) is 0. The standard InChI is InChI=1S/C22H22FNO3/c23-18-8-4-7-16(11-18)21(25)17-12-19-9-10-20(13-17)24(19)22(26)27-14-15-5-2-1-3-6-15/h1-8,11,17,19-20H,9-10,12-14H2. The number of fused-ring (bicyclic) bond motifs is 2. The van der Waals surface area contributed by atoms with Crippen LogP contribution in [0.1, 0.15) is 41.6 Å². The lowest BCUT2D eigenvalue weighted by Crippen LogP contribution is -2.48. The van der Waals surface area contributed by atoms with Gasteiger partial charge in [0.2, 0.25) is 0 Å². The van der Waals surface area contributed by atoms with Crippen LogP contribution < -0.4 is 0 Å². The fraction of sp³-hybridized carbons (Fsp3) is 0.364. The molecule has 1 amide bonds. The lowest BCUT2D eigenvalue weighted by atomic mass is 9.85. The van der Waals surface area contributed by atoms with E-state index in [4.69, 9.17) is 4.74 Å². The van der Waals surface area contributed by atoms with Crippen LogP contribution in [0.5, 0.6) is 0 Å². The quantitative estimate of drug-likeness (QED) is 0.743. The van der Waals surface area contributed by atoms with Gasteiger partial charge in [0.15, 0.2) is 5.78 Å². The van der Waals surface area contributed by atoms with Gasteiger partial charge in [0.1, 0.15) is 12.4 Å². The van der Waals surface area contributed by atoms with Gasteiger partial charge in [-0.15, -0.1) is 0 Å². The summed E-state index contributed by atoms with van der Waals surface area (Å²) in [5.41, 5.74) is 1.37. The number of piperidine rings is 1. The van der Waals surface area contributed by atoms with Crippen LogP contribution in [0.25, 0.3) is 0 Å². The number of benzene rings is 2. The molecule has 27 heavy (non-hydrogen) atoms. The van der Waals surface area contributed by atoms with Gasteiger partial charge in [-0.05, 0) is 43.4 Å². The van der Waals surface area contributed by atoms with E-state index < -0.39 is 5.82 Å². The van der Waals surface area contributed by atoms with E-state index in [1.807, 2.05) is 35.2 Å². The lowest BCUT2D eigenvalue weighted by Gasteiger charge is -2.37. The van der Waals surface area contributed by atoms with Gasteiger partial charge in [-0.25, -0.2) is 9.18 Å². The Morgan fingerprint density at radius 2 is 1.70 bits per heavy atom. The van der Waals surface area contributed by atoms with Crippen LogP contribution in [0.15, 0.2) is 54.6 Å². The maximum Gasteiger partial charge on any atom is 0.410 e. The van der Waals surface area contributed by atoms with E-state index in [2.05, 4.69) is 0 Å². The third kappa shape index (κ3) is 3.72. The van der Waals surface area contributed by atoms with E-state index in [9.17, 15) is 14.0 Å². The van der Waals surface area contributed by atoms with Crippen molar-refractivity contribution in [2.75, 3.05) is 0 Å². The molecule has 4 nitrogen and oxygen atoms in total. The Hall–Kier alpha value is -2.69. The Morgan fingerprint density at radius 3 is 2.37 bits per heavy atom. The summed E-state index contributed by atoms with van der Waals surface area (Å²) in [5.74, 6) is -0.586. The summed E-state index contributed by atoms with van der Waals surface area (Å²) >= 11 is 0. The summed E-state index contributed by atoms with van der Waals surface area (Å²) in [6.07, 6.45) is 2.71. The van der Waals surface area contributed by atoms with Gasteiger partial charge in [-0.3, -0.25) is 4.79 Å². The van der Waals surface area contributed by atoms with E-state index in [1.165, 1.54) is 12.1 Å². The predicted molar refractivity (Wildman–Crippen MR) is 98.7 cm³/mol. The fourth-order valence-corrected chi connectivity index (χ4v) is 4.36. The van der Waals surface area contributed by atoms with Gasteiger partial charge in [0.25, 0.3) is 0 Å². The van der Waals surface area contributed by atoms with Crippen molar-refractivity contribution in [3.8, 4) is 0 Å². The minimum Gasteiger partial charge on any atom is -0.445 e. The average Bonchev–Trinajstić information content (AvgIpc) is 2.96. The number of ether oxygens (including phenoxy) is 1. The molecule has 140 valence electrons. The molecule has 2 saturated heterocycles. The zero-order valence-electron chi connectivity index (χ0n) is 15.0. The molecular formula is C22H22FNO3. The highest BCUT2D eigenvalue weighted by molar-refractivity contribution is 5.98. The van der Waals surface area contributed by atoms with Crippen LogP contribution in [0.4, 0.5) is 9.18 Å². The first-order chi connectivity index (χ1) is 13.1. The highest BCUT2D eigenvalue weighted by Crippen LogP contribution is 2.40. The van der Waals surface area contributed by atoms with E-state index in [1.54, 1.807) is 12.1 Å². The summed E-state index contributed by atoms with van der Waals surface area (Å²) in [6.45, 7) is 0.251. The maximum atomic E-state index is 13.4. The van der Waals surface area contributed by atoms with Crippen LogP contribution in [0, 0.1) is 11.7 Å². The van der Waals surface area contributed by atoms with Gasteiger partial charge in [-0.1, -0.05) is 42.5 Å². The van der Waals surface area contributed by atoms with E-state index in [0.717, 1.165) is 18.4 Å². The smallest absolute Gasteiger partial charge is 0.410 e. The molecule has 0 radical (unpaired) electrons. The first-order valence-electron chi connectivity index (χ1n) is 9.40. The van der Waals surface area contributed by atoms with Gasteiger partial charge in [0.05, 0.1) is 0 Å². The zero-order valence-corrected chi connectivity index (χ0v) is 15.0. The van der Waals surface area contributed by atoms with Crippen LogP contribution in [0.3, 0.4) is 0 Å². The van der Waals surface area contributed by atoms with Gasteiger partial charge < -0.3 is 9.64 Å². The number of ketones is 1. The first-order valence-corrected chi connectivity index (χ1v) is 9.40. The minimum absolute atomic E-state index is 0.0227.